The number of fused-ring (bicyclic) bond motifs is 1. The van der Waals surface area contributed by atoms with Gasteiger partial charge in [-0.05, 0) is 78.6 Å². The van der Waals surface area contributed by atoms with Gasteiger partial charge in [-0.2, -0.15) is 0 Å². The lowest BCUT2D eigenvalue weighted by molar-refractivity contribution is -0.138. The highest BCUT2D eigenvalue weighted by Crippen LogP contribution is 2.51. The topological polar surface area (TPSA) is 97.2 Å². The summed E-state index contributed by atoms with van der Waals surface area (Å²) in [4.78, 5) is 20.4. The van der Waals surface area contributed by atoms with Gasteiger partial charge in [-0.1, -0.05) is 30.3 Å². The molecule has 0 bridgehead atoms. The number of pyridine rings is 2. The number of carboxylic acid groups (broad SMARTS) is 1. The molecule has 2 aromatic heterocycles. The second-order valence-corrected chi connectivity index (χ2v) is 13.8. The lowest BCUT2D eigenvalue weighted by atomic mass is 9.95. The number of hydrogen-bond donors (Lipinski definition) is 1. The second kappa shape index (κ2) is 10.5. The van der Waals surface area contributed by atoms with Gasteiger partial charge < -0.3 is 5.11 Å². The van der Waals surface area contributed by atoms with Gasteiger partial charge in [0.05, 0.1) is 22.2 Å². The minimum absolute atomic E-state index is 0.0738. The van der Waals surface area contributed by atoms with Crippen LogP contribution in [0.15, 0.2) is 78.1 Å². The van der Waals surface area contributed by atoms with Crippen LogP contribution in [0.4, 0.5) is 0 Å². The lowest BCUT2D eigenvalue weighted by Crippen LogP contribution is -2.18. The van der Waals surface area contributed by atoms with Crippen LogP contribution in [0.2, 0.25) is 0 Å². The van der Waals surface area contributed by atoms with Gasteiger partial charge in [-0.3, -0.25) is 9.78 Å². The molecule has 4 aromatic rings. The van der Waals surface area contributed by atoms with Crippen molar-refractivity contribution < 1.29 is 18.3 Å². The Labute approximate surface area is 227 Å². The van der Waals surface area contributed by atoms with E-state index >= 15 is 0 Å². The zero-order valence-corrected chi connectivity index (χ0v) is 23.1. The van der Waals surface area contributed by atoms with Crippen LogP contribution < -0.4 is 0 Å². The summed E-state index contributed by atoms with van der Waals surface area (Å²) in [6.07, 6.45) is 7.51. The summed E-state index contributed by atoms with van der Waals surface area (Å²) in [5.74, 6) is 0.0416. The van der Waals surface area contributed by atoms with E-state index in [1.807, 2.05) is 54.7 Å². The zero-order valence-electron chi connectivity index (χ0n) is 21.4. The SMILES string of the molecule is CC(Cc1cc(-c2cccc(-c3ccc(SCC4(CC(=O)O)CC4)nc3)c2)c2ncccc2c1)S(C)(=O)=O. The molecule has 0 aliphatic heterocycles. The molecule has 5 rings (SSSR count). The lowest BCUT2D eigenvalue weighted by Gasteiger charge is -2.14. The third-order valence-corrected chi connectivity index (χ3v) is 10.2. The van der Waals surface area contributed by atoms with Crippen molar-refractivity contribution in [3.63, 3.8) is 0 Å². The minimum Gasteiger partial charge on any atom is -0.481 e. The second-order valence-electron chi connectivity index (χ2n) is 10.4. The largest absolute Gasteiger partial charge is 0.481 e. The van der Waals surface area contributed by atoms with Crippen molar-refractivity contribution >= 4 is 38.5 Å². The first-order valence-electron chi connectivity index (χ1n) is 12.6. The molecule has 196 valence electrons. The van der Waals surface area contributed by atoms with Crippen molar-refractivity contribution in [1.82, 2.24) is 9.97 Å². The number of hydrogen-bond acceptors (Lipinski definition) is 6. The quantitative estimate of drug-likeness (QED) is 0.234. The number of nitrogens with zero attached hydrogens (tertiary/aromatic N) is 2. The average Bonchev–Trinajstić information content (AvgIpc) is 3.65. The third kappa shape index (κ3) is 6.08. The van der Waals surface area contributed by atoms with Gasteiger partial charge >= 0.3 is 5.97 Å². The molecule has 2 aromatic carbocycles. The van der Waals surface area contributed by atoms with Gasteiger partial charge in [-0.15, -0.1) is 11.8 Å². The minimum atomic E-state index is -3.14. The number of carboxylic acids is 1. The maximum Gasteiger partial charge on any atom is 0.303 e. The molecule has 6 nitrogen and oxygen atoms in total. The molecule has 0 radical (unpaired) electrons. The molecule has 1 unspecified atom stereocenters. The Morgan fingerprint density at radius 1 is 1.03 bits per heavy atom. The molecule has 0 saturated heterocycles. The van der Waals surface area contributed by atoms with Gasteiger partial charge in [-0.25, -0.2) is 13.4 Å². The van der Waals surface area contributed by atoms with Gasteiger partial charge in [0.15, 0.2) is 0 Å². The molecule has 1 aliphatic carbocycles. The van der Waals surface area contributed by atoms with Crippen LogP contribution in [0.1, 0.15) is 31.7 Å². The first kappa shape index (κ1) is 26.4. The van der Waals surface area contributed by atoms with Gasteiger partial charge in [0.25, 0.3) is 0 Å². The summed E-state index contributed by atoms with van der Waals surface area (Å²) in [5, 5.41) is 10.5. The Hall–Kier alpha value is -3.23. The summed E-state index contributed by atoms with van der Waals surface area (Å²) >= 11 is 1.62. The number of thioether (sulfide) groups is 1. The molecule has 1 aliphatic rings. The molecule has 0 amide bonds. The van der Waals surface area contributed by atoms with E-state index in [0.29, 0.717) is 6.42 Å². The van der Waals surface area contributed by atoms with Crippen LogP contribution >= 0.6 is 11.8 Å². The summed E-state index contributed by atoms with van der Waals surface area (Å²) in [6.45, 7) is 1.74. The first-order chi connectivity index (χ1) is 18.1. The molecule has 1 atom stereocenters. The monoisotopic (exact) mass is 546 g/mol. The zero-order chi connectivity index (χ0) is 26.9. The number of rotatable bonds is 10. The van der Waals surface area contributed by atoms with E-state index in [0.717, 1.165) is 62.3 Å². The Morgan fingerprint density at radius 3 is 2.50 bits per heavy atom. The molecule has 0 spiro atoms. The predicted octanol–water partition coefficient (Wildman–Crippen LogP) is 6.29. The Bertz CT molecular complexity index is 1600. The van der Waals surface area contributed by atoms with E-state index in [1.54, 1.807) is 24.9 Å². The first-order valence-corrected chi connectivity index (χ1v) is 15.5. The average molecular weight is 547 g/mol. The molecule has 38 heavy (non-hydrogen) atoms. The van der Waals surface area contributed by atoms with Crippen LogP contribution in [0.5, 0.6) is 0 Å². The Balaban J connectivity index is 1.41. The number of benzene rings is 2. The van der Waals surface area contributed by atoms with Crippen LogP contribution in [0.25, 0.3) is 33.2 Å². The summed E-state index contributed by atoms with van der Waals surface area (Å²) in [5.41, 5.74) is 5.74. The molecule has 2 heterocycles. The number of sulfone groups is 1. The standard InChI is InChI=1S/C30H30N2O4S2/c1-20(38(2,35)36)13-21-14-24-7-4-12-31-29(24)26(15-21)23-6-3-5-22(16-23)25-8-9-27(32-18-25)37-19-30(10-11-30)17-28(33)34/h3-9,12,14-16,18,20H,10-11,13,17,19H2,1-2H3,(H,33,34). The maximum absolute atomic E-state index is 12.1. The van der Waals surface area contributed by atoms with Gasteiger partial charge in [0.1, 0.15) is 9.84 Å². The molecule has 1 saturated carbocycles. The van der Waals surface area contributed by atoms with Crippen molar-refractivity contribution in [3.8, 4) is 22.3 Å². The van der Waals surface area contributed by atoms with E-state index in [9.17, 15) is 13.2 Å². The number of aliphatic carboxylic acids is 1. The highest BCUT2D eigenvalue weighted by molar-refractivity contribution is 7.99. The smallest absolute Gasteiger partial charge is 0.303 e. The molecular formula is C30H30N2O4S2. The highest BCUT2D eigenvalue weighted by atomic mass is 32.2. The van der Waals surface area contributed by atoms with E-state index in [4.69, 9.17) is 5.11 Å². The third-order valence-electron chi connectivity index (χ3n) is 7.27. The molecular weight excluding hydrogens is 516 g/mol. The van der Waals surface area contributed by atoms with E-state index in [2.05, 4.69) is 22.1 Å². The van der Waals surface area contributed by atoms with Crippen molar-refractivity contribution in [3.05, 3.63) is 78.6 Å². The summed E-state index contributed by atoms with van der Waals surface area (Å²) in [7, 11) is -3.14. The number of aromatic nitrogens is 2. The Kier molecular flexibility index (Phi) is 7.29. The van der Waals surface area contributed by atoms with E-state index in [1.165, 1.54) is 6.26 Å². The van der Waals surface area contributed by atoms with Gasteiger partial charge in [0.2, 0.25) is 0 Å². The van der Waals surface area contributed by atoms with Crippen molar-refractivity contribution in [2.24, 2.45) is 5.41 Å². The molecule has 8 heteroatoms. The van der Waals surface area contributed by atoms with Crippen molar-refractivity contribution in [2.75, 3.05) is 12.0 Å². The predicted molar refractivity (Wildman–Crippen MR) is 153 cm³/mol. The van der Waals surface area contributed by atoms with Crippen molar-refractivity contribution in [2.45, 2.75) is 42.9 Å². The Morgan fingerprint density at radius 2 is 1.82 bits per heavy atom. The fraction of sp³-hybridized carbons (Fsp3) is 0.300. The van der Waals surface area contributed by atoms with Crippen LogP contribution in [0.3, 0.4) is 0 Å². The molecule has 1 fully saturated rings. The fourth-order valence-corrected chi connectivity index (χ4v) is 6.31. The van der Waals surface area contributed by atoms with Crippen molar-refractivity contribution in [1.29, 1.82) is 0 Å². The maximum atomic E-state index is 12.1. The summed E-state index contributed by atoms with van der Waals surface area (Å²) < 4.78 is 24.1. The van der Waals surface area contributed by atoms with Gasteiger partial charge in [0, 0.05) is 40.9 Å². The van der Waals surface area contributed by atoms with E-state index in [-0.39, 0.29) is 11.8 Å². The van der Waals surface area contributed by atoms with Crippen LogP contribution in [-0.4, -0.2) is 46.7 Å². The van der Waals surface area contributed by atoms with E-state index < -0.39 is 21.1 Å². The van der Waals surface area contributed by atoms with Crippen LogP contribution in [-0.2, 0) is 21.1 Å². The summed E-state index contributed by atoms with van der Waals surface area (Å²) in [6, 6.07) is 20.2. The fourth-order valence-electron chi connectivity index (χ4n) is 4.68. The molecule has 1 N–H and O–H groups in total. The normalized spacial score (nSPS) is 15.3. The van der Waals surface area contributed by atoms with Crippen LogP contribution in [0, 0.1) is 5.41 Å². The number of carbonyl (C=O) groups is 1. The highest BCUT2D eigenvalue weighted by Gasteiger charge is 2.44.